The number of pyridine rings is 1. The van der Waals surface area contributed by atoms with E-state index >= 15 is 0 Å². The highest BCUT2D eigenvalue weighted by atomic mass is 16.5. The summed E-state index contributed by atoms with van der Waals surface area (Å²) in [5, 5.41) is 4.45. The van der Waals surface area contributed by atoms with Crippen LogP contribution >= 0.6 is 0 Å². The maximum absolute atomic E-state index is 5.59. The Labute approximate surface area is 93.2 Å². The normalized spacial score (nSPS) is 20.7. The Morgan fingerprint density at radius 2 is 2.50 bits per heavy atom. The fourth-order valence-electron chi connectivity index (χ4n) is 1.98. The lowest BCUT2D eigenvalue weighted by atomic mass is 10.1. The number of ether oxygens (including phenoxy) is 1. The van der Waals surface area contributed by atoms with Gasteiger partial charge in [0, 0.05) is 25.3 Å². The minimum Gasteiger partial charge on any atom is -0.381 e. The lowest BCUT2D eigenvalue weighted by molar-refractivity contribution is 0.193. The molecule has 0 saturated carbocycles. The van der Waals surface area contributed by atoms with Crippen molar-refractivity contribution in [1.29, 1.82) is 0 Å². The van der Waals surface area contributed by atoms with Crippen LogP contribution in [0.25, 0.3) is 5.65 Å². The van der Waals surface area contributed by atoms with E-state index in [1.165, 1.54) is 0 Å². The fourth-order valence-corrected chi connectivity index (χ4v) is 1.98. The van der Waals surface area contributed by atoms with Crippen molar-refractivity contribution in [2.24, 2.45) is 5.73 Å². The maximum atomic E-state index is 5.59. The number of hydrogen-bond acceptors (Lipinski definition) is 4. The highest BCUT2D eigenvalue weighted by molar-refractivity contribution is 5.40. The molecule has 1 atom stereocenters. The molecule has 16 heavy (non-hydrogen) atoms. The van der Waals surface area contributed by atoms with Crippen molar-refractivity contribution >= 4 is 5.65 Å². The minimum atomic E-state index is 0.348. The van der Waals surface area contributed by atoms with E-state index in [9.17, 15) is 0 Å². The Balaban J connectivity index is 2.01. The molecule has 0 radical (unpaired) electrons. The maximum Gasteiger partial charge on any atom is 0.157 e. The first-order valence-electron chi connectivity index (χ1n) is 5.50. The van der Waals surface area contributed by atoms with Crippen molar-refractivity contribution in [3.05, 3.63) is 29.7 Å². The number of nitrogens with zero attached hydrogens (tertiary/aromatic N) is 3. The Bertz CT molecular complexity index is 502. The summed E-state index contributed by atoms with van der Waals surface area (Å²) in [4.78, 5) is 4.52. The van der Waals surface area contributed by atoms with Crippen molar-refractivity contribution in [1.82, 2.24) is 14.6 Å². The summed E-state index contributed by atoms with van der Waals surface area (Å²) in [6, 6.07) is 3.95. The molecule has 0 amide bonds. The van der Waals surface area contributed by atoms with Gasteiger partial charge in [-0.1, -0.05) is 0 Å². The molecular formula is C11H14N4O. The van der Waals surface area contributed by atoms with E-state index < -0.39 is 0 Å². The quantitative estimate of drug-likeness (QED) is 0.805. The molecule has 5 heteroatoms. The van der Waals surface area contributed by atoms with Crippen LogP contribution in [-0.4, -0.2) is 27.8 Å². The molecule has 84 valence electrons. The van der Waals surface area contributed by atoms with Crippen LogP contribution in [0.5, 0.6) is 0 Å². The zero-order chi connectivity index (χ0) is 11.0. The molecule has 1 aliphatic heterocycles. The van der Waals surface area contributed by atoms with Crippen LogP contribution in [-0.2, 0) is 11.3 Å². The molecule has 1 aliphatic rings. The molecule has 1 saturated heterocycles. The molecule has 3 heterocycles. The first kappa shape index (κ1) is 9.74. The van der Waals surface area contributed by atoms with Crippen molar-refractivity contribution in [2.45, 2.75) is 18.9 Å². The van der Waals surface area contributed by atoms with E-state index in [2.05, 4.69) is 10.1 Å². The lowest BCUT2D eigenvalue weighted by Crippen LogP contribution is -2.00. The number of aromatic nitrogens is 3. The zero-order valence-corrected chi connectivity index (χ0v) is 8.97. The fraction of sp³-hybridized carbons (Fsp3) is 0.455. The van der Waals surface area contributed by atoms with Crippen LogP contribution in [0, 0.1) is 0 Å². The number of fused-ring (bicyclic) bond motifs is 1. The molecule has 2 aromatic rings. The molecule has 0 spiro atoms. The summed E-state index contributed by atoms with van der Waals surface area (Å²) in [6.07, 6.45) is 2.92. The van der Waals surface area contributed by atoms with Gasteiger partial charge in [-0.15, -0.1) is 0 Å². The first-order chi connectivity index (χ1) is 7.86. The monoisotopic (exact) mass is 218 g/mol. The molecule has 5 nitrogen and oxygen atoms in total. The van der Waals surface area contributed by atoms with Gasteiger partial charge in [-0.05, 0) is 24.1 Å². The molecular weight excluding hydrogens is 204 g/mol. The molecule has 1 unspecified atom stereocenters. The van der Waals surface area contributed by atoms with Crippen LogP contribution < -0.4 is 5.73 Å². The van der Waals surface area contributed by atoms with Gasteiger partial charge in [0.15, 0.2) is 11.5 Å². The highest BCUT2D eigenvalue weighted by Crippen LogP contribution is 2.22. The largest absolute Gasteiger partial charge is 0.381 e. The van der Waals surface area contributed by atoms with Gasteiger partial charge in [-0.3, -0.25) is 0 Å². The average molecular weight is 218 g/mol. The van der Waals surface area contributed by atoms with E-state index in [0.717, 1.165) is 36.7 Å². The average Bonchev–Trinajstić information content (AvgIpc) is 2.96. The molecule has 1 fully saturated rings. The smallest absolute Gasteiger partial charge is 0.157 e. The summed E-state index contributed by atoms with van der Waals surface area (Å²) >= 11 is 0. The molecule has 0 aliphatic carbocycles. The lowest BCUT2D eigenvalue weighted by Gasteiger charge is -1.98. The molecule has 2 aromatic heterocycles. The Morgan fingerprint density at radius 3 is 3.25 bits per heavy atom. The molecule has 2 N–H and O–H groups in total. The zero-order valence-electron chi connectivity index (χ0n) is 8.97. The van der Waals surface area contributed by atoms with Crippen molar-refractivity contribution in [2.75, 3.05) is 13.2 Å². The number of rotatable bonds is 2. The third kappa shape index (κ3) is 1.58. The predicted molar refractivity (Wildman–Crippen MR) is 59.1 cm³/mol. The summed E-state index contributed by atoms with van der Waals surface area (Å²) in [6.45, 7) is 2.08. The van der Waals surface area contributed by atoms with Crippen molar-refractivity contribution in [3.63, 3.8) is 0 Å². The predicted octanol–water partition coefficient (Wildman–Crippen LogP) is 0.692. The van der Waals surface area contributed by atoms with Crippen LogP contribution in [0.1, 0.15) is 23.7 Å². The van der Waals surface area contributed by atoms with E-state index in [1.54, 1.807) is 4.52 Å². The first-order valence-corrected chi connectivity index (χ1v) is 5.50. The summed E-state index contributed by atoms with van der Waals surface area (Å²) < 4.78 is 7.14. The summed E-state index contributed by atoms with van der Waals surface area (Å²) in [5.74, 6) is 1.23. The third-order valence-electron chi connectivity index (χ3n) is 2.95. The van der Waals surface area contributed by atoms with Crippen LogP contribution in [0.4, 0.5) is 0 Å². The molecule has 0 bridgehead atoms. The van der Waals surface area contributed by atoms with Gasteiger partial charge >= 0.3 is 0 Å². The Kier molecular flexibility index (Phi) is 2.34. The highest BCUT2D eigenvalue weighted by Gasteiger charge is 2.21. The summed E-state index contributed by atoms with van der Waals surface area (Å²) in [7, 11) is 0. The van der Waals surface area contributed by atoms with Gasteiger partial charge < -0.3 is 10.5 Å². The van der Waals surface area contributed by atoms with Crippen molar-refractivity contribution < 1.29 is 4.74 Å². The molecule has 0 aromatic carbocycles. The standard InChI is InChI=1S/C11H14N4O/c12-6-8-1-3-15-10(5-8)13-11(14-15)9-2-4-16-7-9/h1,3,5,9H,2,4,6-7,12H2. The second-order valence-electron chi connectivity index (χ2n) is 4.07. The van der Waals surface area contributed by atoms with Crippen LogP contribution in [0.15, 0.2) is 18.3 Å². The van der Waals surface area contributed by atoms with E-state index in [4.69, 9.17) is 10.5 Å². The third-order valence-corrected chi connectivity index (χ3v) is 2.95. The second kappa shape index (κ2) is 3.84. The second-order valence-corrected chi connectivity index (χ2v) is 4.07. The molecule has 3 rings (SSSR count). The van der Waals surface area contributed by atoms with Crippen LogP contribution in [0.2, 0.25) is 0 Å². The van der Waals surface area contributed by atoms with E-state index in [1.807, 2.05) is 18.3 Å². The Morgan fingerprint density at radius 1 is 1.56 bits per heavy atom. The van der Waals surface area contributed by atoms with Gasteiger partial charge in [-0.2, -0.15) is 5.10 Å². The van der Waals surface area contributed by atoms with E-state index in [-0.39, 0.29) is 0 Å². The van der Waals surface area contributed by atoms with E-state index in [0.29, 0.717) is 12.5 Å². The SMILES string of the molecule is NCc1ccn2nc(C3CCOC3)nc2c1. The minimum absolute atomic E-state index is 0.348. The Hall–Kier alpha value is -1.46. The number of hydrogen-bond donors (Lipinski definition) is 1. The van der Waals surface area contributed by atoms with Gasteiger partial charge in [0.25, 0.3) is 0 Å². The van der Waals surface area contributed by atoms with Gasteiger partial charge in [-0.25, -0.2) is 9.50 Å². The van der Waals surface area contributed by atoms with Gasteiger partial charge in [0.2, 0.25) is 0 Å². The summed E-state index contributed by atoms with van der Waals surface area (Å²) in [5.41, 5.74) is 7.54. The van der Waals surface area contributed by atoms with Crippen LogP contribution in [0.3, 0.4) is 0 Å². The topological polar surface area (TPSA) is 65.4 Å². The van der Waals surface area contributed by atoms with Crippen molar-refractivity contribution in [3.8, 4) is 0 Å². The number of nitrogens with two attached hydrogens (primary N) is 1. The van der Waals surface area contributed by atoms with Gasteiger partial charge in [0.05, 0.1) is 6.61 Å². The van der Waals surface area contributed by atoms with Gasteiger partial charge in [0.1, 0.15) is 0 Å².